The fraction of sp³-hybridized carbons (Fsp3) is 0.625. The van der Waals surface area contributed by atoms with E-state index in [0.717, 1.165) is 12.2 Å². The Kier molecular flexibility index (Phi) is 5.06. The molecule has 0 saturated heterocycles. The van der Waals surface area contributed by atoms with Gasteiger partial charge in [-0.25, -0.2) is 0 Å². The lowest BCUT2D eigenvalue weighted by Crippen LogP contribution is -2.40. The minimum Gasteiger partial charge on any atom is -0.489 e. The summed E-state index contributed by atoms with van der Waals surface area (Å²) in [4.78, 5) is 0. The van der Waals surface area contributed by atoms with Gasteiger partial charge in [0.15, 0.2) is 0 Å². The van der Waals surface area contributed by atoms with Gasteiger partial charge in [-0.15, -0.1) is 0 Å². The van der Waals surface area contributed by atoms with Crippen molar-refractivity contribution in [2.45, 2.75) is 57.6 Å². The zero-order valence-electron chi connectivity index (χ0n) is 11.6. The van der Waals surface area contributed by atoms with Crippen LogP contribution in [-0.2, 0) is 6.42 Å². The molecule has 1 saturated carbocycles. The molecule has 0 radical (unpaired) electrons. The smallest absolute Gasteiger partial charge is 0.119 e. The molecule has 0 heterocycles. The van der Waals surface area contributed by atoms with E-state index < -0.39 is 0 Å². The summed E-state index contributed by atoms with van der Waals surface area (Å²) in [5, 5.41) is 3.41. The molecule has 2 nitrogen and oxygen atoms in total. The van der Waals surface area contributed by atoms with Crippen LogP contribution in [0.1, 0.15) is 44.6 Å². The lowest BCUT2D eigenvalue weighted by atomic mass is 10.1. The predicted molar refractivity (Wildman–Crippen MR) is 76.2 cm³/mol. The van der Waals surface area contributed by atoms with Crippen molar-refractivity contribution in [2.75, 3.05) is 7.05 Å². The van der Waals surface area contributed by atoms with Crippen LogP contribution in [0.25, 0.3) is 0 Å². The summed E-state index contributed by atoms with van der Waals surface area (Å²) >= 11 is 0. The van der Waals surface area contributed by atoms with E-state index in [1.54, 1.807) is 0 Å². The SMILES string of the molecule is CCc1ccc(OC2CCCCCC2NC)cc1. The van der Waals surface area contributed by atoms with Gasteiger partial charge in [-0.2, -0.15) is 0 Å². The molecule has 1 N–H and O–H groups in total. The van der Waals surface area contributed by atoms with Gasteiger partial charge in [-0.05, 0) is 50.4 Å². The average molecular weight is 247 g/mol. The lowest BCUT2D eigenvalue weighted by molar-refractivity contribution is 0.149. The number of ether oxygens (including phenoxy) is 1. The molecule has 0 bridgehead atoms. The molecular formula is C16H25NO. The van der Waals surface area contributed by atoms with Gasteiger partial charge >= 0.3 is 0 Å². The van der Waals surface area contributed by atoms with Crippen molar-refractivity contribution < 1.29 is 4.74 Å². The fourth-order valence-electron chi connectivity index (χ4n) is 2.72. The van der Waals surface area contributed by atoms with Crippen molar-refractivity contribution in [1.82, 2.24) is 5.32 Å². The van der Waals surface area contributed by atoms with Crippen LogP contribution >= 0.6 is 0 Å². The third kappa shape index (κ3) is 3.49. The highest BCUT2D eigenvalue weighted by atomic mass is 16.5. The molecule has 1 aliphatic carbocycles. The topological polar surface area (TPSA) is 21.3 Å². The fourth-order valence-corrected chi connectivity index (χ4v) is 2.72. The molecule has 0 spiro atoms. The summed E-state index contributed by atoms with van der Waals surface area (Å²) in [5.41, 5.74) is 1.37. The molecule has 0 aromatic heterocycles. The van der Waals surface area contributed by atoms with Crippen molar-refractivity contribution in [1.29, 1.82) is 0 Å². The summed E-state index contributed by atoms with van der Waals surface area (Å²) in [5.74, 6) is 1.01. The van der Waals surface area contributed by atoms with E-state index in [1.807, 2.05) is 7.05 Å². The minimum atomic E-state index is 0.324. The molecule has 100 valence electrons. The standard InChI is InChI=1S/C16H25NO/c1-3-13-9-11-14(12-10-13)18-16-8-6-4-5-7-15(16)17-2/h9-12,15-17H,3-8H2,1-2H3. The van der Waals surface area contributed by atoms with Crippen LogP contribution in [0.5, 0.6) is 5.75 Å². The third-order valence-corrected chi connectivity index (χ3v) is 3.94. The maximum Gasteiger partial charge on any atom is 0.119 e. The molecule has 18 heavy (non-hydrogen) atoms. The molecule has 1 aliphatic rings. The van der Waals surface area contributed by atoms with Crippen LogP contribution in [0.4, 0.5) is 0 Å². The molecule has 1 aromatic carbocycles. The zero-order valence-corrected chi connectivity index (χ0v) is 11.6. The summed E-state index contributed by atoms with van der Waals surface area (Å²) in [6, 6.07) is 9.05. The van der Waals surface area contributed by atoms with Crippen LogP contribution in [0.15, 0.2) is 24.3 Å². The second-order valence-corrected chi connectivity index (χ2v) is 5.19. The van der Waals surface area contributed by atoms with E-state index in [4.69, 9.17) is 4.74 Å². The quantitative estimate of drug-likeness (QED) is 0.822. The van der Waals surface area contributed by atoms with Gasteiger partial charge in [0.2, 0.25) is 0 Å². The van der Waals surface area contributed by atoms with Crippen LogP contribution in [0, 0.1) is 0 Å². The summed E-state index contributed by atoms with van der Waals surface area (Å²) in [7, 11) is 2.05. The van der Waals surface area contributed by atoms with E-state index in [9.17, 15) is 0 Å². The zero-order chi connectivity index (χ0) is 12.8. The molecule has 1 fully saturated rings. The Morgan fingerprint density at radius 2 is 1.83 bits per heavy atom. The average Bonchev–Trinajstić information content (AvgIpc) is 2.64. The number of nitrogens with one attached hydrogen (secondary N) is 1. The Morgan fingerprint density at radius 3 is 2.50 bits per heavy atom. The Hall–Kier alpha value is -1.02. The van der Waals surface area contributed by atoms with E-state index in [1.165, 1.54) is 37.7 Å². The molecule has 2 atom stereocenters. The molecule has 2 heteroatoms. The first kappa shape index (κ1) is 13.4. The molecular weight excluding hydrogens is 222 g/mol. The highest BCUT2D eigenvalue weighted by molar-refractivity contribution is 5.27. The van der Waals surface area contributed by atoms with Crippen molar-refractivity contribution in [3.8, 4) is 5.75 Å². The van der Waals surface area contributed by atoms with Crippen LogP contribution in [0.2, 0.25) is 0 Å². The molecule has 2 unspecified atom stereocenters. The van der Waals surface area contributed by atoms with E-state index >= 15 is 0 Å². The number of likely N-dealkylation sites (N-methyl/N-ethyl adjacent to an activating group) is 1. The number of benzene rings is 1. The van der Waals surface area contributed by atoms with Gasteiger partial charge in [0.05, 0.1) is 0 Å². The molecule has 2 rings (SSSR count). The Labute approximate surface area is 111 Å². The normalized spacial score (nSPS) is 24.6. The highest BCUT2D eigenvalue weighted by Gasteiger charge is 2.23. The number of hydrogen-bond donors (Lipinski definition) is 1. The Balaban J connectivity index is 2.00. The first-order valence-electron chi connectivity index (χ1n) is 7.26. The minimum absolute atomic E-state index is 0.324. The maximum absolute atomic E-state index is 6.18. The van der Waals surface area contributed by atoms with Gasteiger partial charge in [0.1, 0.15) is 11.9 Å². The van der Waals surface area contributed by atoms with E-state index in [2.05, 4.69) is 36.5 Å². The second kappa shape index (κ2) is 6.79. The van der Waals surface area contributed by atoms with Gasteiger partial charge < -0.3 is 10.1 Å². The third-order valence-electron chi connectivity index (χ3n) is 3.94. The summed E-state index contributed by atoms with van der Waals surface area (Å²) < 4.78 is 6.18. The maximum atomic E-state index is 6.18. The molecule has 0 aliphatic heterocycles. The van der Waals surface area contributed by atoms with Gasteiger partial charge in [-0.1, -0.05) is 31.9 Å². The molecule has 1 aromatic rings. The van der Waals surface area contributed by atoms with Crippen molar-refractivity contribution in [3.05, 3.63) is 29.8 Å². The highest BCUT2D eigenvalue weighted by Crippen LogP contribution is 2.23. The second-order valence-electron chi connectivity index (χ2n) is 5.19. The lowest BCUT2D eigenvalue weighted by Gasteiger charge is -2.25. The summed E-state index contributed by atoms with van der Waals surface area (Å²) in [6.07, 6.45) is 7.76. The van der Waals surface area contributed by atoms with Gasteiger partial charge in [0, 0.05) is 6.04 Å². The van der Waals surface area contributed by atoms with Gasteiger partial charge in [-0.3, -0.25) is 0 Å². The number of rotatable bonds is 4. The van der Waals surface area contributed by atoms with Crippen molar-refractivity contribution in [2.24, 2.45) is 0 Å². The number of aryl methyl sites for hydroxylation is 1. The first-order chi connectivity index (χ1) is 8.83. The Bertz CT molecular complexity index is 347. The molecule has 0 amide bonds. The van der Waals surface area contributed by atoms with Crippen LogP contribution in [0.3, 0.4) is 0 Å². The van der Waals surface area contributed by atoms with Gasteiger partial charge in [0.25, 0.3) is 0 Å². The predicted octanol–water partition coefficient (Wildman–Crippen LogP) is 3.55. The van der Waals surface area contributed by atoms with E-state index in [0.29, 0.717) is 12.1 Å². The van der Waals surface area contributed by atoms with Crippen LogP contribution < -0.4 is 10.1 Å². The van der Waals surface area contributed by atoms with Crippen molar-refractivity contribution >= 4 is 0 Å². The first-order valence-corrected chi connectivity index (χ1v) is 7.26. The monoisotopic (exact) mass is 247 g/mol. The van der Waals surface area contributed by atoms with E-state index in [-0.39, 0.29) is 0 Å². The van der Waals surface area contributed by atoms with Crippen LogP contribution in [-0.4, -0.2) is 19.2 Å². The Morgan fingerprint density at radius 1 is 1.11 bits per heavy atom. The number of hydrogen-bond acceptors (Lipinski definition) is 2. The van der Waals surface area contributed by atoms with Crippen molar-refractivity contribution in [3.63, 3.8) is 0 Å². The largest absolute Gasteiger partial charge is 0.489 e. The summed E-state index contributed by atoms with van der Waals surface area (Å²) in [6.45, 7) is 2.18.